The topological polar surface area (TPSA) is 20.3 Å². The van der Waals surface area contributed by atoms with Crippen LogP contribution in [0.25, 0.3) is 0 Å². The number of carbonyl (C=O) groups is 1. The second kappa shape index (κ2) is 4.58. The van der Waals surface area contributed by atoms with E-state index in [4.69, 9.17) is 0 Å². The summed E-state index contributed by atoms with van der Waals surface area (Å²) < 4.78 is 0. The number of ketones is 1. The molecule has 0 radical (unpaired) electrons. The highest BCUT2D eigenvalue weighted by molar-refractivity contribution is 5.97. The summed E-state index contributed by atoms with van der Waals surface area (Å²) in [5.41, 5.74) is 0.831. The third-order valence-electron chi connectivity index (χ3n) is 2.97. The maximum Gasteiger partial charge on any atom is 0.176 e. The van der Waals surface area contributed by atoms with Crippen molar-refractivity contribution in [2.45, 2.75) is 13.3 Å². The van der Waals surface area contributed by atoms with Crippen LogP contribution in [0.4, 0.5) is 0 Å². The van der Waals surface area contributed by atoms with Crippen LogP contribution in [0.2, 0.25) is 0 Å². The second-order valence-corrected chi connectivity index (χ2v) is 4.42. The predicted molar refractivity (Wildman–Crippen MR) is 61.0 cm³/mol. The van der Waals surface area contributed by atoms with Crippen LogP contribution in [-0.2, 0) is 0 Å². The molecule has 0 saturated carbocycles. The van der Waals surface area contributed by atoms with Gasteiger partial charge in [0, 0.05) is 12.1 Å². The molecule has 80 valence electrons. The molecule has 0 bridgehead atoms. The van der Waals surface area contributed by atoms with Gasteiger partial charge in [0.15, 0.2) is 5.78 Å². The number of carbonyl (C=O) groups excluding carboxylic acids is 1. The first-order valence-electron chi connectivity index (χ1n) is 5.56. The van der Waals surface area contributed by atoms with Gasteiger partial charge in [-0.05, 0) is 18.9 Å². The zero-order valence-electron chi connectivity index (χ0n) is 9.15. The number of benzene rings is 1. The molecule has 1 aliphatic heterocycles. The van der Waals surface area contributed by atoms with Gasteiger partial charge in [-0.3, -0.25) is 9.69 Å². The molecule has 1 fully saturated rings. The molecule has 1 saturated heterocycles. The minimum Gasteiger partial charge on any atom is -0.296 e. The van der Waals surface area contributed by atoms with E-state index in [0.717, 1.165) is 24.6 Å². The zero-order valence-corrected chi connectivity index (χ0v) is 9.15. The van der Waals surface area contributed by atoms with E-state index in [0.29, 0.717) is 6.54 Å². The van der Waals surface area contributed by atoms with Crippen molar-refractivity contribution >= 4 is 5.78 Å². The zero-order chi connectivity index (χ0) is 10.7. The Hall–Kier alpha value is -1.15. The molecule has 1 heterocycles. The van der Waals surface area contributed by atoms with E-state index in [1.807, 2.05) is 30.3 Å². The Morgan fingerprint density at radius 3 is 2.73 bits per heavy atom. The molecule has 0 aliphatic carbocycles. The average Bonchev–Trinajstić information content (AvgIpc) is 2.65. The van der Waals surface area contributed by atoms with Crippen molar-refractivity contribution in [3.8, 4) is 0 Å². The summed E-state index contributed by atoms with van der Waals surface area (Å²) in [6.07, 6.45) is 1.22. The van der Waals surface area contributed by atoms with E-state index in [-0.39, 0.29) is 5.78 Å². The molecule has 0 aromatic heterocycles. The molecule has 2 heteroatoms. The number of hydrogen-bond acceptors (Lipinski definition) is 2. The fourth-order valence-corrected chi connectivity index (χ4v) is 2.09. The summed E-state index contributed by atoms with van der Waals surface area (Å²) in [6.45, 7) is 4.96. The van der Waals surface area contributed by atoms with Crippen molar-refractivity contribution in [2.24, 2.45) is 5.92 Å². The summed E-state index contributed by atoms with van der Waals surface area (Å²) >= 11 is 0. The van der Waals surface area contributed by atoms with Crippen LogP contribution >= 0.6 is 0 Å². The van der Waals surface area contributed by atoms with Crippen LogP contribution in [0.3, 0.4) is 0 Å². The number of hydrogen-bond donors (Lipinski definition) is 0. The smallest absolute Gasteiger partial charge is 0.176 e. The number of nitrogens with zero attached hydrogens (tertiary/aromatic N) is 1. The molecule has 0 spiro atoms. The lowest BCUT2D eigenvalue weighted by molar-refractivity contribution is 0.0944. The summed E-state index contributed by atoms with van der Waals surface area (Å²) in [7, 11) is 0. The molecule has 2 nitrogen and oxygen atoms in total. The van der Waals surface area contributed by atoms with Gasteiger partial charge < -0.3 is 0 Å². The summed E-state index contributed by atoms with van der Waals surface area (Å²) in [6, 6.07) is 9.55. The maximum atomic E-state index is 11.9. The van der Waals surface area contributed by atoms with Crippen molar-refractivity contribution in [3.05, 3.63) is 35.9 Å². The Labute approximate surface area is 90.9 Å². The Bertz CT molecular complexity index is 334. The van der Waals surface area contributed by atoms with Crippen LogP contribution in [-0.4, -0.2) is 30.3 Å². The molecule has 0 N–H and O–H groups in total. The SMILES string of the molecule is CC1CCN(CC(=O)c2ccccc2)C1. The highest BCUT2D eigenvalue weighted by atomic mass is 16.1. The summed E-state index contributed by atoms with van der Waals surface area (Å²) in [4.78, 5) is 14.1. The quantitative estimate of drug-likeness (QED) is 0.702. The van der Waals surface area contributed by atoms with Gasteiger partial charge in [-0.25, -0.2) is 0 Å². The predicted octanol–water partition coefficient (Wildman–Crippen LogP) is 2.21. The van der Waals surface area contributed by atoms with Crippen LogP contribution in [0.15, 0.2) is 30.3 Å². The normalized spacial score (nSPS) is 21.8. The van der Waals surface area contributed by atoms with Crippen LogP contribution in [0, 0.1) is 5.92 Å². The fourth-order valence-electron chi connectivity index (χ4n) is 2.09. The van der Waals surface area contributed by atoms with Crippen molar-refractivity contribution in [3.63, 3.8) is 0 Å². The van der Waals surface area contributed by atoms with Gasteiger partial charge in [0.25, 0.3) is 0 Å². The Balaban J connectivity index is 1.93. The van der Waals surface area contributed by atoms with Crippen molar-refractivity contribution in [1.82, 2.24) is 4.90 Å². The van der Waals surface area contributed by atoms with Crippen molar-refractivity contribution in [1.29, 1.82) is 0 Å². The third-order valence-corrected chi connectivity index (χ3v) is 2.97. The van der Waals surface area contributed by atoms with E-state index >= 15 is 0 Å². The van der Waals surface area contributed by atoms with Crippen LogP contribution < -0.4 is 0 Å². The van der Waals surface area contributed by atoms with E-state index in [1.165, 1.54) is 6.42 Å². The van der Waals surface area contributed by atoms with Crippen molar-refractivity contribution in [2.75, 3.05) is 19.6 Å². The molecule has 15 heavy (non-hydrogen) atoms. The average molecular weight is 203 g/mol. The number of rotatable bonds is 3. The monoisotopic (exact) mass is 203 g/mol. The standard InChI is InChI=1S/C13H17NO/c1-11-7-8-14(9-11)10-13(15)12-5-3-2-4-6-12/h2-6,11H,7-10H2,1H3. The minimum atomic E-state index is 0.240. The van der Waals surface area contributed by atoms with E-state index in [9.17, 15) is 4.79 Å². The first kappa shape index (κ1) is 10.4. The van der Waals surface area contributed by atoms with Gasteiger partial charge in [0.1, 0.15) is 0 Å². The minimum absolute atomic E-state index is 0.240. The number of likely N-dealkylation sites (tertiary alicyclic amines) is 1. The van der Waals surface area contributed by atoms with Gasteiger partial charge in [-0.2, -0.15) is 0 Å². The lowest BCUT2D eigenvalue weighted by atomic mass is 10.1. The molecule has 1 aromatic rings. The first-order chi connectivity index (χ1) is 7.25. The van der Waals surface area contributed by atoms with Crippen molar-refractivity contribution < 1.29 is 4.79 Å². The second-order valence-electron chi connectivity index (χ2n) is 4.42. The summed E-state index contributed by atoms with van der Waals surface area (Å²) in [5, 5.41) is 0. The van der Waals surface area contributed by atoms with Gasteiger partial charge in [0.05, 0.1) is 6.54 Å². The van der Waals surface area contributed by atoms with E-state index < -0.39 is 0 Å². The van der Waals surface area contributed by atoms with E-state index in [2.05, 4.69) is 11.8 Å². The molecule has 1 aliphatic rings. The highest BCUT2D eigenvalue weighted by Gasteiger charge is 2.20. The van der Waals surface area contributed by atoms with Gasteiger partial charge >= 0.3 is 0 Å². The highest BCUT2D eigenvalue weighted by Crippen LogP contribution is 2.15. The Morgan fingerprint density at radius 1 is 1.40 bits per heavy atom. The molecule has 1 unspecified atom stereocenters. The number of Topliss-reactive ketones (excluding diaryl/α,β-unsaturated/α-hetero) is 1. The molecule has 1 atom stereocenters. The molecule has 1 aromatic carbocycles. The molecular formula is C13H17NO. The lowest BCUT2D eigenvalue weighted by Gasteiger charge is -2.13. The van der Waals surface area contributed by atoms with Gasteiger partial charge in [-0.15, -0.1) is 0 Å². The molecular weight excluding hydrogens is 186 g/mol. The molecule has 0 amide bonds. The summed E-state index contributed by atoms with van der Waals surface area (Å²) in [5.74, 6) is 0.985. The van der Waals surface area contributed by atoms with Gasteiger partial charge in [0.2, 0.25) is 0 Å². The van der Waals surface area contributed by atoms with Crippen LogP contribution in [0.5, 0.6) is 0 Å². The fraction of sp³-hybridized carbons (Fsp3) is 0.462. The van der Waals surface area contributed by atoms with Gasteiger partial charge in [-0.1, -0.05) is 37.3 Å². The Kier molecular flexibility index (Phi) is 3.17. The van der Waals surface area contributed by atoms with Crippen LogP contribution in [0.1, 0.15) is 23.7 Å². The largest absolute Gasteiger partial charge is 0.296 e. The molecule has 2 rings (SSSR count). The van der Waals surface area contributed by atoms with E-state index in [1.54, 1.807) is 0 Å². The maximum absolute atomic E-state index is 11.9. The lowest BCUT2D eigenvalue weighted by Crippen LogP contribution is -2.27. The first-order valence-corrected chi connectivity index (χ1v) is 5.56. The Morgan fingerprint density at radius 2 is 2.13 bits per heavy atom. The third kappa shape index (κ3) is 2.66.